The monoisotopic (exact) mass is 261 g/mol. The Balaban J connectivity index is 1.78. The van der Waals surface area contributed by atoms with Gasteiger partial charge < -0.3 is 5.32 Å². The highest BCUT2D eigenvalue weighted by Crippen LogP contribution is 2.18. The van der Waals surface area contributed by atoms with Crippen LogP contribution in [0.2, 0.25) is 0 Å². The minimum atomic E-state index is 0.744. The topological polar surface area (TPSA) is 37.8 Å². The van der Waals surface area contributed by atoms with Crippen molar-refractivity contribution in [2.45, 2.75) is 6.92 Å². The molecule has 0 saturated carbocycles. The Hall–Kier alpha value is -2.68. The minimum absolute atomic E-state index is 0.744. The maximum Gasteiger partial charge on any atom is 0.153 e. The molecule has 0 spiro atoms. The largest absolute Gasteiger partial charge is 0.339 e. The van der Waals surface area contributed by atoms with Crippen molar-refractivity contribution in [1.82, 2.24) is 10.2 Å². The van der Waals surface area contributed by atoms with Crippen LogP contribution < -0.4 is 5.32 Å². The smallest absolute Gasteiger partial charge is 0.153 e. The minimum Gasteiger partial charge on any atom is -0.339 e. The summed E-state index contributed by atoms with van der Waals surface area (Å²) in [4.78, 5) is 0. The molecule has 0 aliphatic carbocycles. The third-order valence-corrected chi connectivity index (χ3v) is 3.06. The van der Waals surface area contributed by atoms with Crippen LogP contribution in [0.1, 0.15) is 5.56 Å². The molecule has 0 fully saturated rings. The fourth-order valence-electron chi connectivity index (χ4n) is 1.95. The van der Waals surface area contributed by atoms with Gasteiger partial charge in [-0.15, -0.1) is 10.2 Å². The fraction of sp³-hybridized carbons (Fsp3) is 0.0588. The summed E-state index contributed by atoms with van der Waals surface area (Å²) in [6.07, 6.45) is 0. The zero-order valence-corrected chi connectivity index (χ0v) is 11.2. The highest BCUT2D eigenvalue weighted by molar-refractivity contribution is 5.61. The van der Waals surface area contributed by atoms with E-state index in [-0.39, 0.29) is 0 Å². The summed E-state index contributed by atoms with van der Waals surface area (Å²) >= 11 is 0. The number of hydrogen-bond donors (Lipinski definition) is 1. The molecule has 1 aromatic heterocycles. The van der Waals surface area contributed by atoms with E-state index in [1.807, 2.05) is 54.6 Å². The van der Waals surface area contributed by atoms with E-state index in [4.69, 9.17) is 0 Å². The number of rotatable bonds is 3. The molecule has 0 radical (unpaired) electrons. The van der Waals surface area contributed by atoms with Crippen LogP contribution in [0.25, 0.3) is 11.3 Å². The number of hydrogen-bond acceptors (Lipinski definition) is 3. The van der Waals surface area contributed by atoms with Crippen molar-refractivity contribution in [1.29, 1.82) is 0 Å². The summed E-state index contributed by atoms with van der Waals surface area (Å²) in [5.41, 5.74) is 4.19. The number of aromatic nitrogens is 2. The molecule has 0 aliphatic rings. The van der Waals surface area contributed by atoms with Gasteiger partial charge in [0, 0.05) is 11.3 Å². The number of nitrogens with one attached hydrogen (secondary N) is 1. The first-order valence-electron chi connectivity index (χ1n) is 6.54. The van der Waals surface area contributed by atoms with E-state index < -0.39 is 0 Å². The lowest BCUT2D eigenvalue weighted by molar-refractivity contribution is 1.04. The van der Waals surface area contributed by atoms with E-state index in [9.17, 15) is 0 Å². The van der Waals surface area contributed by atoms with Gasteiger partial charge in [0.1, 0.15) is 0 Å². The molecule has 0 amide bonds. The summed E-state index contributed by atoms with van der Waals surface area (Å²) < 4.78 is 0. The number of aryl methyl sites for hydroxylation is 1. The summed E-state index contributed by atoms with van der Waals surface area (Å²) in [6.45, 7) is 2.07. The zero-order valence-electron chi connectivity index (χ0n) is 11.2. The molecular weight excluding hydrogens is 246 g/mol. The summed E-state index contributed by atoms with van der Waals surface area (Å²) in [6, 6.07) is 22.1. The van der Waals surface area contributed by atoms with E-state index in [0.29, 0.717) is 0 Å². The first-order chi connectivity index (χ1) is 9.81. The van der Waals surface area contributed by atoms with Crippen molar-refractivity contribution < 1.29 is 0 Å². The van der Waals surface area contributed by atoms with Gasteiger partial charge in [-0.05, 0) is 31.2 Å². The van der Waals surface area contributed by atoms with Crippen LogP contribution in [-0.2, 0) is 0 Å². The third-order valence-electron chi connectivity index (χ3n) is 3.06. The number of benzene rings is 2. The van der Waals surface area contributed by atoms with Crippen LogP contribution in [0.3, 0.4) is 0 Å². The average molecular weight is 261 g/mol. The lowest BCUT2D eigenvalue weighted by Gasteiger charge is -2.06. The summed E-state index contributed by atoms with van der Waals surface area (Å²) in [5.74, 6) is 0.744. The molecule has 3 aromatic rings. The van der Waals surface area contributed by atoms with Crippen LogP contribution >= 0.6 is 0 Å². The molecular formula is C17H15N3. The van der Waals surface area contributed by atoms with Crippen molar-refractivity contribution in [2.24, 2.45) is 0 Å². The van der Waals surface area contributed by atoms with Gasteiger partial charge >= 0.3 is 0 Å². The summed E-state index contributed by atoms with van der Waals surface area (Å²) in [5, 5.41) is 11.7. The van der Waals surface area contributed by atoms with Gasteiger partial charge in [0.2, 0.25) is 0 Å². The quantitative estimate of drug-likeness (QED) is 0.768. The highest BCUT2D eigenvalue weighted by Gasteiger charge is 2.00. The van der Waals surface area contributed by atoms with Gasteiger partial charge in [-0.25, -0.2) is 0 Å². The lowest BCUT2D eigenvalue weighted by atomic mass is 10.1. The molecule has 0 aliphatic heterocycles. The van der Waals surface area contributed by atoms with Crippen LogP contribution in [0.5, 0.6) is 0 Å². The molecule has 0 unspecified atom stereocenters. The second-order valence-corrected chi connectivity index (χ2v) is 4.66. The molecule has 1 heterocycles. The fourth-order valence-corrected chi connectivity index (χ4v) is 1.95. The third kappa shape index (κ3) is 2.83. The predicted molar refractivity (Wildman–Crippen MR) is 81.9 cm³/mol. The van der Waals surface area contributed by atoms with Crippen molar-refractivity contribution in [3.05, 3.63) is 72.3 Å². The normalized spacial score (nSPS) is 10.2. The molecule has 3 rings (SSSR count). The van der Waals surface area contributed by atoms with Crippen LogP contribution in [0.4, 0.5) is 11.5 Å². The van der Waals surface area contributed by atoms with Gasteiger partial charge in [-0.3, -0.25) is 0 Å². The molecule has 20 heavy (non-hydrogen) atoms. The Morgan fingerprint density at radius 3 is 2.15 bits per heavy atom. The van der Waals surface area contributed by atoms with Crippen molar-refractivity contribution in [2.75, 3.05) is 5.32 Å². The van der Waals surface area contributed by atoms with E-state index in [2.05, 4.69) is 34.6 Å². The second-order valence-electron chi connectivity index (χ2n) is 4.66. The Kier molecular flexibility index (Phi) is 3.42. The zero-order chi connectivity index (χ0) is 13.8. The Morgan fingerprint density at radius 2 is 1.50 bits per heavy atom. The maximum absolute atomic E-state index is 4.25. The number of nitrogens with zero attached hydrogens (tertiary/aromatic N) is 2. The molecule has 1 N–H and O–H groups in total. The average Bonchev–Trinajstić information content (AvgIpc) is 2.51. The SMILES string of the molecule is Cc1ccc(Nc2ccc(-c3ccccc3)nn2)cc1. The van der Waals surface area contributed by atoms with Crippen LogP contribution in [0.15, 0.2) is 66.7 Å². The van der Waals surface area contributed by atoms with Crippen molar-refractivity contribution in [3.8, 4) is 11.3 Å². The predicted octanol–water partition coefficient (Wildman–Crippen LogP) is 4.20. The van der Waals surface area contributed by atoms with Crippen LogP contribution in [0, 0.1) is 6.92 Å². The molecule has 2 aromatic carbocycles. The molecule has 3 heteroatoms. The van der Waals surface area contributed by atoms with E-state index in [0.717, 1.165) is 22.8 Å². The van der Waals surface area contributed by atoms with Gasteiger partial charge in [0.15, 0.2) is 5.82 Å². The summed E-state index contributed by atoms with van der Waals surface area (Å²) in [7, 11) is 0. The molecule has 0 atom stereocenters. The van der Waals surface area contributed by atoms with Gasteiger partial charge in [-0.1, -0.05) is 48.0 Å². The van der Waals surface area contributed by atoms with Gasteiger partial charge in [0.25, 0.3) is 0 Å². The molecule has 98 valence electrons. The Labute approximate surface area is 118 Å². The standard InChI is InChI=1S/C17H15N3/c1-13-7-9-15(10-8-13)18-17-12-11-16(19-20-17)14-5-3-2-4-6-14/h2-12H,1H3,(H,18,20). The van der Waals surface area contributed by atoms with Gasteiger partial charge in [0.05, 0.1) is 5.69 Å². The van der Waals surface area contributed by atoms with Crippen molar-refractivity contribution >= 4 is 11.5 Å². The molecule has 0 saturated heterocycles. The van der Waals surface area contributed by atoms with Gasteiger partial charge in [-0.2, -0.15) is 0 Å². The Morgan fingerprint density at radius 1 is 0.750 bits per heavy atom. The lowest BCUT2D eigenvalue weighted by Crippen LogP contribution is -1.96. The second kappa shape index (κ2) is 5.53. The first kappa shape index (κ1) is 12.4. The molecule has 0 bridgehead atoms. The molecule has 3 nitrogen and oxygen atoms in total. The highest BCUT2D eigenvalue weighted by atomic mass is 15.2. The van der Waals surface area contributed by atoms with E-state index in [1.54, 1.807) is 0 Å². The van der Waals surface area contributed by atoms with E-state index in [1.165, 1.54) is 5.56 Å². The van der Waals surface area contributed by atoms with Crippen LogP contribution in [-0.4, -0.2) is 10.2 Å². The van der Waals surface area contributed by atoms with E-state index >= 15 is 0 Å². The maximum atomic E-state index is 4.25. The van der Waals surface area contributed by atoms with Crippen molar-refractivity contribution in [3.63, 3.8) is 0 Å². The Bertz CT molecular complexity index is 674. The number of anilines is 2. The first-order valence-corrected chi connectivity index (χ1v) is 6.54.